The van der Waals surface area contributed by atoms with Crippen LogP contribution in [0.1, 0.15) is 45.3 Å². The van der Waals surface area contributed by atoms with Gasteiger partial charge in [0, 0.05) is 31.9 Å². The van der Waals surface area contributed by atoms with E-state index in [0.29, 0.717) is 31.7 Å². The molecule has 22 heavy (non-hydrogen) atoms. The van der Waals surface area contributed by atoms with E-state index in [9.17, 15) is 9.90 Å². The third kappa shape index (κ3) is 3.87. The van der Waals surface area contributed by atoms with Crippen molar-refractivity contribution in [2.45, 2.75) is 57.6 Å². The Morgan fingerprint density at radius 3 is 2.82 bits per heavy atom. The van der Waals surface area contributed by atoms with Gasteiger partial charge < -0.3 is 19.2 Å². The van der Waals surface area contributed by atoms with Gasteiger partial charge in [-0.2, -0.15) is 0 Å². The summed E-state index contributed by atoms with van der Waals surface area (Å²) in [5, 5.41) is 9.40. The van der Waals surface area contributed by atoms with Crippen molar-refractivity contribution in [2.75, 3.05) is 20.3 Å². The third-order valence-electron chi connectivity index (χ3n) is 4.09. The third-order valence-corrected chi connectivity index (χ3v) is 4.09. The molecule has 1 saturated heterocycles. The van der Waals surface area contributed by atoms with Crippen LogP contribution in [0.2, 0.25) is 0 Å². The molecule has 0 aliphatic carbocycles. The van der Waals surface area contributed by atoms with Crippen LogP contribution < -0.4 is 0 Å². The summed E-state index contributed by atoms with van der Waals surface area (Å²) < 4.78 is 11.0. The van der Waals surface area contributed by atoms with E-state index in [4.69, 9.17) is 9.15 Å². The Morgan fingerprint density at radius 2 is 2.27 bits per heavy atom. The minimum Gasteiger partial charge on any atom is -0.445 e. The maximum absolute atomic E-state index is 12.3. The highest BCUT2D eigenvalue weighted by Crippen LogP contribution is 2.24. The molecule has 0 saturated carbocycles. The number of rotatable bonds is 5. The average Bonchev–Trinajstić information content (AvgIpc) is 3.10. The first-order chi connectivity index (χ1) is 10.3. The number of carbonyl (C=O) groups excluding carboxylic acids is 1. The van der Waals surface area contributed by atoms with Gasteiger partial charge in [0.2, 0.25) is 5.91 Å². The minimum atomic E-state index is -0.146. The van der Waals surface area contributed by atoms with E-state index in [2.05, 4.69) is 25.8 Å². The number of aryl methyl sites for hydroxylation is 1. The number of oxazole rings is 1. The van der Waals surface area contributed by atoms with Crippen LogP contribution in [0, 0.1) is 0 Å². The van der Waals surface area contributed by atoms with Crippen LogP contribution >= 0.6 is 0 Å². The highest BCUT2D eigenvalue weighted by molar-refractivity contribution is 5.77. The van der Waals surface area contributed by atoms with Gasteiger partial charge in [-0.15, -0.1) is 0 Å². The Bertz CT molecular complexity index is 506. The van der Waals surface area contributed by atoms with E-state index in [1.807, 2.05) is 0 Å². The number of amides is 1. The van der Waals surface area contributed by atoms with Crippen molar-refractivity contribution in [3.05, 3.63) is 17.8 Å². The Kier molecular flexibility index (Phi) is 5.24. The van der Waals surface area contributed by atoms with Crippen LogP contribution in [0.15, 0.2) is 10.6 Å². The summed E-state index contributed by atoms with van der Waals surface area (Å²) in [7, 11) is 1.63. The second-order valence-corrected chi connectivity index (χ2v) is 6.84. The first-order valence-corrected chi connectivity index (χ1v) is 7.73. The summed E-state index contributed by atoms with van der Waals surface area (Å²) in [4.78, 5) is 18.3. The van der Waals surface area contributed by atoms with Gasteiger partial charge in [0.1, 0.15) is 5.76 Å². The summed E-state index contributed by atoms with van der Waals surface area (Å²) in [6.07, 6.45) is 3.23. The van der Waals surface area contributed by atoms with Gasteiger partial charge in [0.15, 0.2) is 5.89 Å². The zero-order valence-corrected chi connectivity index (χ0v) is 13.8. The Hall–Kier alpha value is -1.40. The van der Waals surface area contributed by atoms with Gasteiger partial charge >= 0.3 is 0 Å². The maximum atomic E-state index is 12.3. The van der Waals surface area contributed by atoms with Crippen molar-refractivity contribution in [2.24, 2.45) is 0 Å². The van der Waals surface area contributed by atoms with E-state index in [1.165, 1.54) is 0 Å². The first kappa shape index (κ1) is 17.0. The molecule has 1 aliphatic rings. The fourth-order valence-corrected chi connectivity index (χ4v) is 2.65. The lowest BCUT2D eigenvalue weighted by molar-refractivity contribution is -0.133. The summed E-state index contributed by atoms with van der Waals surface area (Å²) in [6, 6.07) is -0.146. The van der Waals surface area contributed by atoms with E-state index >= 15 is 0 Å². The lowest BCUT2D eigenvalue weighted by Crippen LogP contribution is -2.38. The van der Waals surface area contributed by atoms with Crippen LogP contribution in [-0.2, 0) is 21.4 Å². The highest BCUT2D eigenvalue weighted by atomic mass is 16.5. The normalized spacial score (nSPS) is 22.3. The number of aliphatic hydroxyl groups excluding tert-OH is 1. The molecular formula is C16H26N2O4. The first-order valence-electron chi connectivity index (χ1n) is 7.73. The largest absolute Gasteiger partial charge is 0.445 e. The van der Waals surface area contributed by atoms with Gasteiger partial charge in [-0.1, -0.05) is 20.8 Å². The molecule has 2 rings (SSSR count). The predicted molar refractivity (Wildman–Crippen MR) is 81.5 cm³/mol. The average molecular weight is 310 g/mol. The molecule has 1 amide bonds. The molecule has 0 spiro atoms. The van der Waals surface area contributed by atoms with Crippen molar-refractivity contribution >= 4 is 5.91 Å². The number of aliphatic hydroxyl groups is 1. The second-order valence-electron chi connectivity index (χ2n) is 6.84. The van der Waals surface area contributed by atoms with Gasteiger partial charge in [-0.25, -0.2) is 4.98 Å². The fraction of sp³-hybridized carbons (Fsp3) is 0.750. The van der Waals surface area contributed by atoms with Gasteiger partial charge in [-0.3, -0.25) is 4.79 Å². The smallest absolute Gasteiger partial charge is 0.223 e. The number of ether oxygens (including phenoxy) is 1. The van der Waals surface area contributed by atoms with E-state index < -0.39 is 0 Å². The molecule has 1 aromatic rings. The number of aromatic nitrogens is 1. The number of hydrogen-bond donors (Lipinski definition) is 1. The molecule has 124 valence electrons. The van der Waals surface area contributed by atoms with Crippen molar-refractivity contribution in [1.29, 1.82) is 0 Å². The lowest BCUT2D eigenvalue weighted by atomic mass is 9.94. The number of carbonyl (C=O) groups is 1. The number of hydrogen-bond acceptors (Lipinski definition) is 5. The van der Waals surface area contributed by atoms with Crippen LogP contribution in [0.25, 0.3) is 0 Å². The molecule has 0 unspecified atom stereocenters. The van der Waals surface area contributed by atoms with E-state index in [-0.39, 0.29) is 30.1 Å². The lowest BCUT2D eigenvalue weighted by Gasteiger charge is -2.22. The monoisotopic (exact) mass is 310 g/mol. The minimum absolute atomic E-state index is 0.00843. The Morgan fingerprint density at radius 1 is 1.55 bits per heavy atom. The van der Waals surface area contributed by atoms with Crippen LogP contribution in [0.5, 0.6) is 0 Å². The van der Waals surface area contributed by atoms with E-state index in [1.54, 1.807) is 18.2 Å². The summed E-state index contributed by atoms with van der Waals surface area (Å²) in [5.74, 6) is 1.42. The number of methoxy groups -OCH3 is 1. The molecule has 6 heteroatoms. The molecule has 1 aliphatic heterocycles. The van der Waals surface area contributed by atoms with Crippen molar-refractivity contribution in [1.82, 2.24) is 9.88 Å². The molecular weight excluding hydrogens is 284 g/mol. The molecule has 0 aromatic carbocycles. The standard InChI is InChI=1S/C16H26N2O4/c1-16(2,3)13-8-17-14(22-13)5-6-15(20)18-9-12(21-4)7-11(18)10-19/h8,11-12,19H,5-7,9-10H2,1-4H3/t11-,12-/m0/s1. The van der Waals surface area contributed by atoms with Crippen LogP contribution in [0.4, 0.5) is 0 Å². The molecule has 1 N–H and O–H groups in total. The zero-order chi connectivity index (χ0) is 16.3. The second kappa shape index (κ2) is 6.79. The molecule has 6 nitrogen and oxygen atoms in total. The fourth-order valence-electron chi connectivity index (χ4n) is 2.65. The summed E-state index contributed by atoms with van der Waals surface area (Å²) in [5.41, 5.74) is -0.0854. The van der Waals surface area contributed by atoms with Gasteiger partial charge in [-0.05, 0) is 6.42 Å². The topological polar surface area (TPSA) is 75.8 Å². The van der Waals surface area contributed by atoms with Crippen molar-refractivity contribution in [3.63, 3.8) is 0 Å². The van der Waals surface area contributed by atoms with Crippen molar-refractivity contribution < 1.29 is 19.1 Å². The molecule has 2 heterocycles. The quantitative estimate of drug-likeness (QED) is 0.892. The van der Waals surface area contributed by atoms with Crippen molar-refractivity contribution in [3.8, 4) is 0 Å². The van der Waals surface area contributed by atoms with Crippen LogP contribution in [-0.4, -0.2) is 53.3 Å². The maximum Gasteiger partial charge on any atom is 0.223 e. The zero-order valence-electron chi connectivity index (χ0n) is 13.8. The molecule has 0 radical (unpaired) electrons. The highest BCUT2D eigenvalue weighted by Gasteiger charge is 2.34. The summed E-state index contributed by atoms with van der Waals surface area (Å²) >= 11 is 0. The molecule has 0 bridgehead atoms. The molecule has 1 fully saturated rings. The van der Waals surface area contributed by atoms with Gasteiger partial charge in [0.05, 0.1) is 24.9 Å². The Balaban J connectivity index is 1.91. The molecule has 2 atom stereocenters. The molecule has 1 aromatic heterocycles. The van der Waals surface area contributed by atoms with Crippen LogP contribution in [0.3, 0.4) is 0 Å². The van der Waals surface area contributed by atoms with Gasteiger partial charge in [0.25, 0.3) is 0 Å². The van der Waals surface area contributed by atoms with E-state index in [0.717, 1.165) is 5.76 Å². The number of nitrogens with zero attached hydrogens (tertiary/aromatic N) is 2. The SMILES string of the molecule is CO[C@H]1C[C@@H](CO)N(C(=O)CCc2ncc(C(C)(C)C)o2)C1. The summed E-state index contributed by atoms with van der Waals surface area (Å²) in [6.45, 7) is 6.69. The predicted octanol–water partition coefficient (Wildman–Crippen LogP) is 1.51. The number of likely N-dealkylation sites (tertiary alicyclic amines) is 1. The Labute approximate surface area is 131 Å².